The average Bonchev–Trinajstić information content (AvgIpc) is 3.13. The highest BCUT2D eigenvalue weighted by Crippen LogP contribution is 2.38. The van der Waals surface area contributed by atoms with E-state index in [1.807, 2.05) is 48.5 Å². The van der Waals surface area contributed by atoms with Gasteiger partial charge >= 0.3 is 0 Å². The zero-order valence-corrected chi connectivity index (χ0v) is 17.7. The molecule has 0 N–H and O–H groups in total. The molecule has 0 radical (unpaired) electrons. The lowest BCUT2D eigenvalue weighted by Gasteiger charge is -2.19. The van der Waals surface area contributed by atoms with Gasteiger partial charge in [0, 0.05) is 20.1 Å². The minimum atomic E-state index is -0.200. The van der Waals surface area contributed by atoms with Gasteiger partial charge in [0.25, 0.3) is 0 Å². The quantitative estimate of drug-likeness (QED) is 0.536. The van der Waals surface area contributed by atoms with Crippen LogP contribution in [-0.2, 0) is 16.2 Å². The molecule has 0 saturated carbocycles. The number of unbranched alkanes of at least 4 members (excludes halogenated alkanes) is 1. The van der Waals surface area contributed by atoms with Gasteiger partial charge in [-0.25, -0.2) is 0 Å². The van der Waals surface area contributed by atoms with Crippen molar-refractivity contribution in [1.29, 1.82) is 0 Å². The predicted molar refractivity (Wildman–Crippen MR) is 111 cm³/mol. The number of methoxy groups -OCH3 is 2. The molecule has 0 aromatic heterocycles. The Morgan fingerprint density at radius 1 is 1.03 bits per heavy atom. The van der Waals surface area contributed by atoms with Crippen LogP contribution >= 0.6 is 0 Å². The predicted octanol–water partition coefficient (Wildman–Crippen LogP) is 4.73. The molecule has 0 spiro atoms. The Balaban J connectivity index is 1.63. The Kier molecular flexibility index (Phi) is 7.75. The van der Waals surface area contributed by atoms with E-state index in [1.165, 1.54) is 0 Å². The van der Waals surface area contributed by atoms with Crippen molar-refractivity contribution in [2.45, 2.75) is 45.1 Å². The fourth-order valence-electron chi connectivity index (χ4n) is 3.33. The molecule has 3 rings (SSSR count). The molecule has 1 heterocycles. The number of ether oxygens (including phenoxy) is 4. The molecule has 1 aliphatic rings. The normalized spacial score (nSPS) is 19.3. The second kappa shape index (κ2) is 10.5. The van der Waals surface area contributed by atoms with Gasteiger partial charge in [0.05, 0.1) is 20.3 Å². The second-order valence-electron chi connectivity index (χ2n) is 7.10. The molecular formula is C23H31NO5. The van der Waals surface area contributed by atoms with Crippen LogP contribution in [0.5, 0.6) is 17.2 Å². The van der Waals surface area contributed by atoms with E-state index in [1.54, 1.807) is 14.2 Å². The summed E-state index contributed by atoms with van der Waals surface area (Å²) in [6, 6.07) is 14.0. The summed E-state index contributed by atoms with van der Waals surface area (Å²) in [7, 11) is 5.25. The molecule has 29 heavy (non-hydrogen) atoms. The van der Waals surface area contributed by atoms with Crippen molar-refractivity contribution in [3.8, 4) is 17.2 Å². The minimum absolute atomic E-state index is 0.117. The maximum atomic E-state index is 5.98. The van der Waals surface area contributed by atoms with Crippen molar-refractivity contribution < 1.29 is 23.8 Å². The van der Waals surface area contributed by atoms with Gasteiger partial charge in [0.15, 0.2) is 17.8 Å². The lowest BCUT2D eigenvalue weighted by Crippen LogP contribution is -2.18. The number of hydrogen-bond acceptors (Lipinski definition) is 6. The van der Waals surface area contributed by atoms with E-state index < -0.39 is 0 Å². The van der Waals surface area contributed by atoms with E-state index in [-0.39, 0.29) is 12.3 Å². The van der Waals surface area contributed by atoms with Crippen LogP contribution in [0.4, 0.5) is 0 Å². The number of benzene rings is 2. The number of hydrogen-bond donors (Lipinski definition) is 0. The molecule has 2 aromatic rings. The van der Waals surface area contributed by atoms with Crippen molar-refractivity contribution in [1.82, 2.24) is 5.06 Å². The number of nitrogens with zero attached hydrogens (tertiary/aromatic N) is 1. The van der Waals surface area contributed by atoms with Crippen molar-refractivity contribution in [2.75, 3.05) is 27.9 Å². The van der Waals surface area contributed by atoms with E-state index in [0.29, 0.717) is 18.1 Å². The van der Waals surface area contributed by atoms with Gasteiger partial charge in [-0.15, -0.1) is 0 Å². The van der Waals surface area contributed by atoms with Crippen molar-refractivity contribution in [2.24, 2.45) is 0 Å². The van der Waals surface area contributed by atoms with E-state index in [9.17, 15) is 0 Å². The molecule has 0 amide bonds. The lowest BCUT2D eigenvalue weighted by molar-refractivity contribution is -0.229. The van der Waals surface area contributed by atoms with E-state index >= 15 is 0 Å². The summed E-state index contributed by atoms with van der Waals surface area (Å²) in [4.78, 5) is 5.83. The van der Waals surface area contributed by atoms with Crippen LogP contribution in [0.25, 0.3) is 0 Å². The van der Waals surface area contributed by atoms with Crippen molar-refractivity contribution in [3.05, 3.63) is 53.6 Å². The minimum Gasteiger partial charge on any atom is -0.497 e. The van der Waals surface area contributed by atoms with Crippen LogP contribution in [-0.4, -0.2) is 39.2 Å². The molecular weight excluding hydrogens is 370 g/mol. The van der Waals surface area contributed by atoms with Gasteiger partial charge in [-0.2, -0.15) is 5.06 Å². The van der Waals surface area contributed by atoms with Crippen LogP contribution in [0.15, 0.2) is 42.5 Å². The standard InChI is InChI=1S/C23H31NO5/c1-5-6-13-27-23-15-20(24(2)29-23)18-9-12-21(22(14-18)26-4)28-16-17-7-10-19(25-3)11-8-17/h7-12,14,20,23H,5-6,13,15-16H2,1-4H3/t20-,23+/m0/s1. The summed E-state index contributed by atoms with van der Waals surface area (Å²) in [6.07, 6.45) is 2.74. The summed E-state index contributed by atoms with van der Waals surface area (Å²) < 4.78 is 22.6. The van der Waals surface area contributed by atoms with Crippen molar-refractivity contribution >= 4 is 0 Å². The molecule has 1 aliphatic heterocycles. The SMILES string of the molecule is CCCCO[C@H]1C[C@@H](c2ccc(OCc3ccc(OC)cc3)c(OC)c2)N(C)O1. The molecule has 0 bridgehead atoms. The smallest absolute Gasteiger partial charge is 0.179 e. The first-order chi connectivity index (χ1) is 14.1. The summed E-state index contributed by atoms with van der Waals surface area (Å²) in [5, 5.41) is 1.86. The van der Waals surface area contributed by atoms with Crippen LogP contribution in [0, 0.1) is 0 Å². The number of rotatable bonds is 10. The van der Waals surface area contributed by atoms with Gasteiger partial charge in [0.1, 0.15) is 12.4 Å². The molecule has 1 saturated heterocycles. The maximum absolute atomic E-state index is 5.98. The highest BCUT2D eigenvalue weighted by Gasteiger charge is 2.33. The van der Waals surface area contributed by atoms with Crippen LogP contribution in [0.1, 0.15) is 43.4 Å². The zero-order chi connectivity index (χ0) is 20.6. The lowest BCUT2D eigenvalue weighted by atomic mass is 10.0. The molecule has 0 aliphatic carbocycles. The molecule has 0 unspecified atom stereocenters. The fourth-order valence-corrected chi connectivity index (χ4v) is 3.33. The first-order valence-corrected chi connectivity index (χ1v) is 10.1. The van der Waals surface area contributed by atoms with Gasteiger partial charge in [-0.05, 0) is 41.8 Å². The molecule has 158 valence electrons. The summed E-state index contributed by atoms with van der Waals surface area (Å²) >= 11 is 0. The zero-order valence-electron chi connectivity index (χ0n) is 17.7. The molecule has 2 atom stereocenters. The first-order valence-electron chi connectivity index (χ1n) is 10.1. The largest absolute Gasteiger partial charge is 0.497 e. The Labute approximate surface area is 173 Å². The monoisotopic (exact) mass is 401 g/mol. The summed E-state index contributed by atoms with van der Waals surface area (Å²) in [6.45, 7) is 3.33. The molecule has 2 aromatic carbocycles. The van der Waals surface area contributed by atoms with Crippen molar-refractivity contribution in [3.63, 3.8) is 0 Å². The third kappa shape index (κ3) is 5.63. The third-order valence-corrected chi connectivity index (χ3v) is 5.07. The van der Waals surface area contributed by atoms with Crippen LogP contribution in [0.2, 0.25) is 0 Å². The summed E-state index contributed by atoms with van der Waals surface area (Å²) in [5.74, 6) is 2.25. The van der Waals surface area contributed by atoms with Crippen LogP contribution < -0.4 is 14.2 Å². The Morgan fingerprint density at radius 3 is 2.52 bits per heavy atom. The Hall–Kier alpha value is -2.28. The second-order valence-corrected chi connectivity index (χ2v) is 7.10. The third-order valence-electron chi connectivity index (χ3n) is 5.07. The molecule has 6 nitrogen and oxygen atoms in total. The van der Waals surface area contributed by atoms with Crippen LogP contribution in [0.3, 0.4) is 0 Å². The average molecular weight is 402 g/mol. The number of hydroxylamine groups is 2. The maximum Gasteiger partial charge on any atom is 0.179 e. The summed E-state index contributed by atoms with van der Waals surface area (Å²) in [5.41, 5.74) is 2.18. The van der Waals surface area contributed by atoms with E-state index in [0.717, 1.165) is 42.7 Å². The van der Waals surface area contributed by atoms with E-state index in [2.05, 4.69) is 13.0 Å². The molecule has 6 heteroatoms. The van der Waals surface area contributed by atoms with Gasteiger partial charge in [0.2, 0.25) is 0 Å². The highest BCUT2D eigenvalue weighted by molar-refractivity contribution is 5.44. The van der Waals surface area contributed by atoms with Gasteiger partial charge in [-0.1, -0.05) is 31.5 Å². The fraction of sp³-hybridized carbons (Fsp3) is 0.478. The first kappa shape index (κ1) is 21.4. The van der Waals surface area contributed by atoms with E-state index in [4.69, 9.17) is 23.8 Å². The molecule has 1 fully saturated rings. The Bertz CT molecular complexity index is 764. The van der Waals surface area contributed by atoms with Gasteiger partial charge < -0.3 is 18.9 Å². The highest BCUT2D eigenvalue weighted by atomic mass is 16.8. The topological polar surface area (TPSA) is 49.4 Å². The Morgan fingerprint density at radius 2 is 1.83 bits per heavy atom. The van der Waals surface area contributed by atoms with Gasteiger partial charge in [-0.3, -0.25) is 4.84 Å².